The van der Waals surface area contributed by atoms with Gasteiger partial charge >= 0.3 is 0 Å². The summed E-state index contributed by atoms with van der Waals surface area (Å²) < 4.78 is 22.7. The third-order valence-electron chi connectivity index (χ3n) is 11.1. The predicted molar refractivity (Wildman–Crippen MR) is 217 cm³/mol. The van der Waals surface area contributed by atoms with Crippen LogP contribution in [0.15, 0.2) is 152 Å². The molecule has 7 heteroatoms. The van der Waals surface area contributed by atoms with Crippen LogP contribution in [0.1, 0.15) is 51.1 Å². The lowest BCUT2D eigenvalue weighted by Crippen LogP contribution is -2.48. The van der Waals surface area contributed by atoms with Crippen molar-refractivity contribution in [3.05, 3.63) is 191 Å². The largest absolute Gasteiger partial charge is 0.384 e. The Labute approximate surface area is 322 Å². The molecule has 276 valence electrons. The number of fused-ring (bicyclic) bond motifs is 1. The molecule has 6 nitrogen and oxygen atoms in total. The molecule has 1 aliphatic heterocycles. The van der Waals surface area contributed by atoms with Crippen LogP contribution in [0.25, 0.3) is 22.2 Å². The van der Waals surface area contributed by atoms with Gasteiger partial charge < -0.3 is 4.74 Å². The first-order valence-corrected chi connectivity index (χ1v) is 19.0. The summed E-state index contributed by atoms with van der Waals surface area (Å²) >= 11 is 0. The minimum Gasteiger partial charge on any atom is -0.384 e. The topological polar surface area (TPSA) is 60.2 Å². The van der Waals surface area contributed by atoms with Gasteiger partial charge in [-0.2, -0.15) is 5.10 Å². The van der Waals surface area contributed by atoms with E-state index in [0.29, 0.717) is 30.7 Å². The molecule has 55 heavy (non-hydrogen) atoms. The smallest absolute Gasteiger partial charge is 0.176 e. The van der Waals surface area contributed by atoms with Gasteiger partial charge in [0.05, 0.1) is 18.7 Å². The first kappa shape index (κ1) is 36.2. The number of Topliss-reactive ketones (excluding diaryl/α,β-unsaturated/α-hetero) is 1. The minimum atomic E-state index is -0.843. The standard InChI is InChI=1S/C48H45FN4O2/c1-35-29-37(25-27-50-35)46-42-30-36(45(54)32-52-28-14-26-47(33-52,34-55-2)31-38-15-12-13-22-43(38)49)23-24-44(42)53(51-46)48(39-16-6-3-7-17-39,40-18-8-4-9-19-40)41-20-10-5-11-21-41/h3-13,15-25,27,29-30H,14,26,28,31-34H2,1-2H3. The first-order valence-electron chi connectivity index (χ1n) is 19.0. The monoisotopic (exact) mass is 728 g/mol. The van der Waals surface area contributed by atoms with Gasteiger partial charge in [-0.15, -0.1) is 0 Å². The second-order valence-corrected chi connectivity index (χ2v) is 14.9. The summed E-state index contributed by atoms with van der Waals surface area (Å²) in [7, 11) is 1.70. The SMILES string of the molecule is COCC1(Cc2ccccc2F)CCCN(CC(=O)c2ccc3c(c2)c(-c2ccnc(C)c2)nn3C(c2ccccc2)(c2ccccc2)c2ccccc2)C1. The van der Waals surface area contributed by atoms with Gasteiger partial charge in [0, 0.05) is 47.5 Å². The Hall–Kier alpha value is -5.76. The van der Waals surface area contributed by atoms with Crippen LogP contribution in [0.5, 0.6) is 0 Å². The lowest BCUT2D eigenvalue weighted by atomic mass is 9.75. The van der Waals surface area contributed by atoms with E-state index in [4.69, 9.17) is 9.84 Å². The van der Waals surface area contributed by atoms with E-state index in [0.717, 1.165) is 63.9 Å². The molecule has 0 radical (unpaired) electrons. The van der Waals surface area contributed by atoms with Crippen molar-refractivity contribution in [1.82, 2.24) is 19.7 Å². The van der Waals surface area contributed by atoms with Gasteiger partial charge in [0.2, 0.25) is 0 Å². The molecule has 5 aromatic carbocycles. The lowest BCUT2D eigenvalue weighted by Gasteiger charge is -2.42. The molecule has 8 rings (SSSR count). The minimum absolute atomic E-state index is 0.0334. The van der Waals surface area contributed by atoms with Crippen molar-refractivity contribution in [2.24, 2.45) is 5.41 Å². The van der Waals surface area contributed by atoms with Crippen molar-refractivity contribution in [2.75, 3.05) is 33.4 Å². The van der Waals surface area contributed by atoms with Crippen LogP contribution < -0.4 is 0 Å². The van der Waals surface area contributed by atoms with Gasteiger partial charge in [0.1, 0.15) is 17.1 Å². The second-order valence-electron chi connectivity index (χ2n) is 14.9. The summed E-state index contributed by atoms with van der Waals surface area (Å²) in [5.74, 6) is -0.165. The van der Waals surface area contributed by atoms with E-state index in [1.54, 1.807) is 13.2 Å². The van der Waals surface area contributed by atoms with Gasteiger partial charge in [0.25, 0.3) is 0 Å². The Kier molecular flexibility index (Phi) is 10.2. The molecular formula is C48H45FN4O2. The van der Waals surface area contributed by atoms with Crippen LogP contribution in [0.4, 0.5) is 4.39 Å². The summed E-state index contributed by atoms with van der Waals surface area (Å²) in [6.45, 7) is 4.18. The van der Waals surface area contributed by atoms with Crippen molar-refractivity contribution in [3.8, 4) is 11.3 Å². The number of hydrogen-bond donors (Lipinski definition) is 0. The average molecular weight is 729 g/mol. The Bertz CT molecular complexity index is 2310. The fraction of sp³-hybridized carbons (Fsp3) is 0.229. The number of carbonyl (C=O) groups excluding carboxylic acids is 1. The van der Waals surface area contributed by atoms with Gasteiger partial charge in [-0.3, -0.25) is 14.7 Å². The molecule has 1 atom stereocenters. The maximum absolute atomic E-state index is 14.8. The van der Waals surface area contributed by atoms with Crippen LogP contribution in [0.2, 0.25) is 0 Å². The van der Waals surface area contributed by atoms with Crippen LogP contribution in [-0.4, -0.2) is 58.8 Å². The van der Waals surface area contributed by atoms with Crippen LogP contribution in [0, 0.1) is 18.2 Å². The average Bonchev–Trinajstić information content (AvgIpc) is 3.60. The zero-order valence-corrected chi connectivity index (χ0v) is 31.4. The highest BCUT2D eigenvalue weighted by Gasteiger charge is 2.41. The molecule has 0 bridgehead atoms. The normalized spacial score (nSPS) is 16.3. The third kappa shape index (κ3) is 7.02. The fourth-order valence-electron chi connectivity index (χ4n) is 8.76. The Morgan fingerprint density at radius 2 is 1.45 bits per heavy atom. The molecular weight excluding hydrogens is 684 g/mol. The van der Waals surface area contributed by atoms with E-state index in [1.165, 1.54) is 6.07 Å². The summed E-state index contributed by atoms with van der Waals surface area (Å²) in [5.41, 5.74) is 6.87. The number of carbonyl (C=O) groups is 1. The van der Waals surface area contributed by atoms with Crippen molar-refractivity contribution < 1.29 is 13.9 Å². The van der Waals surface area contributed by atoms with Gasteiger partial charge in [-0.1, -0.05) is 109 Å². The molecule has 1 saturated heterocycles. The van der Waals surface area contributed by atoms with Crippen molar-refractivity contribution in [1.29, 1.82) is 0 Å². The first-order chi connectivity index (χ1) is 26.9. The Morgan fingerprint density at radius 1 is 0.818 bits per heavy atom. The number of hydrogen-bond acceptors (Lipinski definition) is 5. The second kappa shape index (κ2) is 15.5. The highest BCUT2D eigenvalue weighted by Crippen LogP contribution is 2.44. The van der Waals surface area contributed by atoms with E-state index in [-0.39, 0.29) is 23.6 Å². The van der Waals surface area contributed by atoms with Crippen molar-refractivity contribution in [3.63, 3.8) is 0 Å². The zero-order valence-electron chi connectivity index (χ0n) is 31.4. The molecule has 1 aliphatic rings. The van der Waals surface area contributed by atoms with Gasteiger partial charge in [0.15, 0.2) is 5.78 Å². The number of ketones is 1. The maximum atomic E-state index is 14.8. The molecule has 0 amide bonds. The number of ether oxygens (including phenoxy) is 1. The number of halogens is 1. The molecule has 0 N–H and O–H groups in total. The predicted octanol–water partition coefficient (Wildman–Crippen LogP) is 9.54. The highest BCUT2D eigenvalue weighted by molar-refractivity contribution is 6.03. The summed E-state index contributed by atoms with van der Waals surface area (Å²) in [6, 6.07) is 48.6. The third-order valence-corrected chi connectivity index (χ3v) is 11.1. The number of benzene rings is 5. The molecule has 1 unspecified atom stereocenters. The molecule has 0 spiro atoms. The van der Waals surface area contributed by atoms with Crippen LogP contribution in [0.3, 0.4) is 0 Å². The highest BCUT2D eigenvalue weighted by atomic mass is 19.1. The molecule has 1 fully saturated rings. The number of piperidine rings is 1. The van der Waals surface area contributed by atoms with Crippen molar-refractivity contribution in [2.45, 2.75) is 31.7 Å². The van der Waals surface area contributed by atoms with E-state index >= 15 is 0 Å². The zero-order chi connectivity index (χ0) is 37.8. The molecule has 7 aromatic rings. The number of aromatic nitrogens is 3. The number of methoxy groups -OCH3 is 1. The quantitative estimate of drug-likeness (QED) is 0.0927. The van der Waals surface area contributed by atoms with Crippen LogP contribution in [-0.2, 0) is 16.7 Å². The van der Waals surface area contributed by atoms with Crippen LogP contribution >= 0.6 is 0 Å². The molecule has 2 aromatic heterocycles. The maximum Gasteiger partial charge on any atom is 0.176 e. The number of pyridine rings is 1. The van der Waals surface area contributed by atoms with E-state index in [9.17, 15) is 9.18 Å². The summed E-state index contributed by atoms with van der Waals surface area (Å²) in [6.07, 6.45) is 4.19. The van der Waals surface area contributed by atoms with Crippen molar-refractivity contribution >= 4 is 16.7 Å². The van der Waals surface area contributed by atoms with Gasteiger partial charge in [-0.05, 0) is 91.4 Å². The lowest BCUT2D eigenvalue weighted by molar-refractivity contribution is 0.0124. The van der Waals surface area contributed by atoms with E-state index in [2.05, 4.69) is 99.5 Å². The fourth-order valence-corrected chi connectivity index (χ4v) is 8.76. The molecule has 3 heterocycles. The number of likely N-dealkylation sites (tertiary alicyclic amines) is 1. The summed E-state index contributed by atoms with van der Waals surface area (Å²) in [4.78, 5) is 21.0. The summed E-state index contributed by atoms with van der Waals surface area (Å²) in [5, 5.41) is 6.41. The Morgan fingerprint density at radius 3 is 2.07 bits per heavy atom. The van der Waals surface area contributed by atoms with E-state index < -0.39 is 5.54 Å². The Balaban J connectivity index is 1.24. The number of rotatable bonds is 12. The molecule has 0 aliphatic carbocycles. The van der Waals surface area contributed by atoms with E-state index in [1.807, 2.05) is 61.7 Å². The number of aryl methyl sites for hydroxylation is 1. The van der Waals surface area contributed by atoms with Gasteiger partial charge in [-0.25, -0.2) is 9.07 Å². The number of nitrogens with zero attached hydrogens (tertiary/aromatic N) is 4. The molecule has 0 saturated carbocycles.